The molecule has 7 heteroatoms. The van der Waals surface area contributed by atoms with Crippen molar-refractivity contribution < 1.29 is 23.4 Å². The normalized spacial score (nSPS) is 19.7. The quantitative estimate of drug-likeness (QED) is 0.836. The molecule has 2 rings (SSSR count). The molecular formula is C11H12F2N2O3. The van der Waals surface area contributed by atoms with E-state index >= 15 is 0 Å². The zero-order chi connectivity index (χ0) is 13.3. The molecule has 0 bridgehead atoms. The number of alkyl halides is 2. The molecule has 1 amide bonds. The Labute approximate surface area is 102 Å². The fraction of sp³-hybridized carbons (Fsp3) is 0.455. The summed E-state index contributed by atoms with van der Waals surface area (Å²) in [5, 5.41) is 8.97. The predicted molar refractivity (Wildman–Crippen MR) is 57.7 cm³/mol. The number of hydrogen-bond donors (Lipinski definition) is 1. The summed E-state index contributed by atoms with van der Waals surface area (Å²) < 4.78 is 31.9. The van der Waals surface area contributed by atoms with Gasteiger partial charge in [0.05, 0.1) is 13.1 Å². The summed E-state index contributed by atoms with van der Waals surface area (Å²) in [5.74, 6) is -2.93. The number of aromatic nitrogens is 1. The number of fused-ring (bicyclic) bond motifs is 1. The van der Waals surface area contributed by atoms with Crippen molar-refractivity contribution in [3.05, 3.63) is 24.0 Å². The van der Waals surface area contributed by atoms with Crippen molar-refractivity contribution in [1.29, 1.82) is 0 Å². The maximum absolute atomic E-state index is 13.4. The first-order chi connectivity index (χ1) is 8.38. The lowest BCUT2D eigenvalue weighted by Gasteiger charge is -2.25. The van der Waals surface area contributed by atoms with Crippen LogP contribution in [0.15, 0.2) is 18.3 Å². The second-order valence-electron chi connectivity index (χ2n) is 4.17. The minimum Gasteiger partial charge on any atom is -0.480 e. The summed E-state index contributed by atoms with van der Waals surface area (Å²) in [6.45, 7) is 0.256. The van der Waals surface area contributed by atoms with Crippen LogP contribution in [0.1, 0.15) is 12.6 Å². The maximum Gasteiger partial charge on any atom is 0.407 e. The molecule has 5 nitrogen and oxygen atoms in total. The number of pyridine rings is 1. The highest BCUT2D eigenvalue weighted by Crippen LogP contribution is 2.29. The third kappa shape index (κ3) is 2.49. The molecule has 1 aromatic heterocycles. The Balaban J connectivity index is 2.36. The molecule has 0 saturated heterocycles. The van der Waals surface area contributed by atoms with Gasteiger partial charge < -0.3 is 9.84 Å². The van der Waals surface area contributed by atoms with E-state index in [1.165, 1.54) is 12.3 Å². The van der Waals surface area contributed by atoms with Gasteiger partial charge in [0.1, 0.15) is 11.4 Å². The molecule has 0 aliphatic carbocycles. The van der Waals surface area contributed by atoms with Crippen LogP contribution < -0.4 is 4.74 Å². The van der Waals surface area contributed by atoms with Gasteiger partial charge in [-0.05, 0) is 12.1 Å². The summed E-state index contributed by atoms with van der Waals surface area (Å²) >= 11 is 0. The number of carboxylic acid groups (broad SMARTS) is 1. The number of carbonyl (C=O) groups is 1. The number of hydrogen-bond acceptors (Lipinski definition) is 3. The lowest BCUT2D eigenvalue weighted by atomic mass is 10.2. The second-order valence-corrected chi connectivity index (χ2v) is 4.17. The van der Waals surface area contributed by atoms with Crippen molar-refractivity contribution in [2.75, 3.05) is 6.54 Å². The van der Waals surface area contributed by atoms with E-state index in [0.717, 1.165) is 4.90 Å². The van der Waals surface area contributed by atoms with Gasteiger partial charge >= 0.3 is 6.09 Å². The summed E-state index contributed by atoms with van der Waals surface area (Å²) in [6, 6.07) is 3.06. The number of amides is 1. The van der Waals surface area contributed by atoms with Crippen LogP contribution in [0.4, 0.5) is 13.6 Å². The van der Waals surface area contributed by atoms with Crippen LogP contribution in [0.5, 0.6) is 5.75 Å². The van der Waals surface area contributed by atoms with Gasteiger partial charge in [-0.25, -0.2) is 13.6 Å². The average Bonchev–Trinajstić information content (AvgIpc) is 2.47. The zero-order valence-corrected chi connectivity index (χ0v) is 9.64. The highest BCUT2D eigenvalue weighted by atomic mass is 19.3. The van der Waals surface area contributed by atoms with Gasteiger partial charge in [-0.15, -0.1) is 0 Å². The molecular weight excluding hydrogens is 246 g/mol. The molecule has 98 valence electrons. The van der Waals surface area contributed by atoms with Gasteiger partial charge in [0, 0.05) is 13.1 Å². The summed E-state index contributed by atoms with van der Waals surface area (Å²) in [7, 11) is 0. The monoisotopic (exact) mass is 258 g/mol. The standard InChI is InChI=1S/C11H12F2N2O3/c1-11(12,13)9-6-15(10(16)17)5-7-8(18-9)3-2-4-14-7/h2-4,9H,5-6H2,1H3,(H,16,17). The van der Waals surface area contributed by atoms with Gasteiger partial charge in [0.15, 0.2) is 6.10 Å². The molecule has 1 unspecified atom stereocenters. The average molecular weight is 258 g/mol. The van der Waals surface area contributed by atoms with Crippen molar-refractivity contribution in [3.63, 3.8) is 0 Å². The van der Waals surface area contributed by atoms with Crippen molar-refractivity contribution in [2.45, 2.75) is 25.5 Å². The van der Waals surface area contributed by atoms with Crippen molar-refractivity contribution >= 4 is 6.09 Å². The highest BCUT2D eigenvalue weighted by Gasteiger charge is 2.40. The number of nitrogens with zero attached hydrogens (tertiary/aromatic N) is 2. The molecule has 2 heterocycles. The summed E-state index contributed by atoms with van der Waals surface area (Å²) in [4.78, 5) is 15.8. The minimum atomic E-state index is -3.13. The van der Waals surface area contributed by atoms with E-state index in [0.29, 0.717) is 12.6 Å². The first-order valence-corrected chi connectivity index (χ1v) is 5.34. The molecule has 0 radical (unpaired) electrons. The molecule has 0 aromatic carbocycles. The Hall–Kier alpha value is -1.92. The van der Waals surface area contributed by atoms with Crippen LogP contribution in [0.3, 0.4) is 0 Å². The molecule has 1 aliphatic rings. The summed E-state index contributed by atoms with van der Waals surface area (Å²) in [5.41, 5.74) is 0.339. The van der Waals surface area contributed by atoms with E-state index < -0.39 is 24.7 Å². The van der Waals surface area contributed by atoms with Crippen molar-refractivity contribution in [1.82, 2.24) is 9.88 Å². The van der Waals surface area contributed by atoms with Gasteiger partial charge in [-0.1, -0.05) is 0 Å². The van der Waals surface area contributed by atoms with Crippen LogP contribution in [0.25, 0.3) is 0 Å². The Morgan fingerprint density at radius 2 is 2.39 bits per heavy atom. The molecule has 1 N–H and O–H groups in total. The van der Waals surface area contributed by atoms with Gasteiger partial charge in [0.25, 0.3) is 5.92 Å². The Kier molecular flexibility index (Phi) is 3.06. The number of rotatable bonds is 1. The van der Waals surface area contributed by atoms with Gasteiger partial charge in [-0.3, -0.25) is 9.88 Å². The van der Waals surface area contributed by atoms with Crippen molar-refractivity contribution in [2.24, 2.45) is 0 Å². The zero-order valence-electron chi connectivity index (χ0n) is 9.64. The minimum absolute atomic E-state index is 0.0575. The SMILES string of the molecule is CC(F)(F)C1CN(C(=O)O)Cc2ncccc2O1. The van der Waals surface area contributed by atoms with E-state index in [4.69, 9.17) is 9.84 Å². The van der Waals surface area contributed by atoms with Crippen LogP contribution in [0, 0.1) is 0 Å². The van der Waals surface area contributed by atoms with Crippen LogP contribution >= 0.6 is 0 Å². The molecule has 18 heavy (non-hydrogen) atoms. The highest BCUT2D eigenvalue weighted by molar-refractivity contribution is 5.65. The van der Waals surface area contributed by atoms with Crippen molar-refractivity contribution in [3.8, 4) is 5.75 Å². The fourth-order valence-corrected chi connectivity index (χ4v) is 1.69. The van der Waals surface area contributed by atoms with E-state index in [2.05, 4.69) is 4.98 Å². The van der Waals surface area contributed by atoms with Crippen LogP contribution in [0.2, 0.25) is 0 Å². The van der Waals surface area contributed by atoms with E-state index in [1.807, 2.05) is 0 Å². The third-order valence-electron chi connectivity index (χ3n) is 2.68. The topological polar surface area (TPSA) is 62.7 Å². The molecule has 0 saturated carbocycles. The Morgan fingerprint density at radius 1 is 1.67 bits per heavy atom. The Bertz CT molecular complexity index is 462. The Morgan fingerprint density at radius 3 is 3.00 bits per heavy atom. The molecule has 1 aliphatic heterocycles. The predicted octanol–water partition coefficient (Wildman–Crippen LogP) is 1.98. The first-order valence-electron chi connectivity index (χ1n) is 5.34. The second kappa shape index (κ2) is 4.40. The lowest BCUT2D eigenvalue weighted by molar-refractivity contribution is -0.0856. The molecule has 1 aromatic rings. The first kappa shape index (κ1) is 12.5. The maximum atomic E-state index is 13.4. The smallest absolute Gasteiger partial charge is 0.407 e. The summed E-state index contributed by atoms with van der Waals surface area (Å²) in [6.07, 6.45) is -1.32. The number of halogens is 2. The third-order valence-corrected chi connectivity index (χ3v) is 2.68. The van der Waals surface area contributed by atoms with E-state index in [-0.39, 0.29) is 12.3 Å². The molecule has 0 spiro atoms. The van der Waals surface area contributed by atoms with Gasteiger partial charge in [-0.2, -0.15) is 0 Å². The lowest BCUT2D eigenvalue weighted by Crippen LogP contribution is -2.45. The van der Waals surface area contributed by atoms with Gasteiger partial charge in [0.2, 0.25) is 0 Å². The molecule has 1 atom stereocenters. The molecule has 0 fully saturated rings. The number of ether oxygens (including phenoxy) is 1. The van der Waals surface area contributed by atoms with E-state index in [1.54, 1.807) is 6.07 Å². The van der Waals surface area contributed by atoms with Crippen LogP contribution in [-0.4, -0.2) is 39.7 Å². The fourth-order valence-electron chi connectivity index (χ4n) is 1.69. The largest absolute Gasteiger partial charge is 0.480 e. The van der Waals surface area contributed by atoms with E-state index in [9.17, 15) is 13.6 Å². The van der Waals surface area contributed by atoms with Crippen LogP contribution in [-0.2, 0) is 6.54 Å².